The Bertz CT molecular complexity index is 486. The molecule has 122 valence electrons. The highest BCUT2D eigenvalue weighted by atomic mass is 16.5. The third-order valence-corrected chi connectivity index (χ3v) is 2.97. The molecule has 0 saturated heterocycles. The number of hydrogen-bond donors (Lipinski definition) is 3. The second-order valence-corrected chi connectivity index (χ2v) is 5.54. The number of rotatable bonds is 8. The summed E-state index contributed by atoms with van der Waals surface area (Å²) in [7, 11) is 0. The lowest BCUT2D eigenvalue weighted by molar-refractivity contribution is -0.125. The zero-order valence-corrected chi connectivity index (χ0v) is 13.4. The molecule has 22 heavy (non-hydrogen) atoms. The third kappa shape index (κ3) is 6.58. The van der Waals surface area contributed by atoms with Crippen molar-refractivity contribution in [2.45, 2.75) is 26.8 Å². The van der Waals surface area contributed by atoms with E-state index in [-0.39, 0.29) is 30.9 Å². The fourth-order valence-corrected chi connectivity index (χ4v) is 1.74. The summed E-state index contributed by atoms with van der Waals surface area (Å²) in [6, 6.07) is 7.45. The largest absolute Gasteiger partial charge is 0.493 e. The van der Waals surface area contributed by atoms with Crippen LogP contribution in [0.3, 0.4) is 0 Å². The fraction of sp³-hybridized carbons (Fsp3) is 0.500. The van der Waals surface area contributed by atoms with Crippen molar-refractivity contribution in [1.82, 2.24) is 10.6 Å². The number of amides is 2. The second-order valence-electron chi connectivity index (χ2n) is 5.54. The number of nitrogens with two attached hydrogens (primary N) is 1. The van der Waals surface area contributed by atoms with Crippen LogP contribution in [0, 0.1) is 5.92 Å². The maximum Gasteiger partial charge on any atom is 0.239 e. The van der Waals surface area contributed by atoms with Crippen molar-refractivity contribution in [3.8, 4) is 5.75 Å². The summed E-state index contributed by atoms with van der Waals surface area (Å²) in [6.07, 6.45) is 0. The summed E-state index contributed by atoms with van der Waals surface area (Å²) in [5.74, 6) is 0.677. The highest BCUT2D eigenvalue weighted by Crippen LogP contribution is 2.18. The molecule has 1 aromatic carbocycles. The summed E-state index contributed by atoms with van der Waals surface area (Å²) >= 11 is 0. The Morgan fingerprint density at radius 2 is 1.77 bits per heavy atom. The number of nitrogens with one attached hydrogen (secondary N) is 2. The van der Waals surface area contributed by atoms with Crippen molar-refractivity contribution in [3.05, 3.63) is 29.8 Å². The van der Waals surface area contributed by atoms with Crippen molar-refractivity contribution in [2.24, 2.45) is 11.7 Å². The van der Waals surface area contributed by atoms with Crippen LogP contribution in [0.4, 0.5) is 0 Å². The van der Waals surface area contributed by atoms with E-state index in [1.54, 1.807) is 0 Å². The molecule has 0 aromatic heterocycles. The third-order valence-electron chi connectivity index (χ3n) is 2.97. The highest BCUT2D eigenvalue weighted by Gasteiger charge is 2.10. The Morgan fingerprint density at radius 3 is 2.32 bits per heavy atom. The number of ether oxygens (including phenoxy) is 1. The maximum absolute atomic E-state index is 11.7. The number of benzene rings is 1. The molecule has 0 aliphatic carbocycles. The summed E-state index contributed by atoms with van der Waals surface area (Å²) in [6.45, 7) is 6.54. The van der Waals surface area contributed by atoms with Gasteiger partial charge in [-0.25, -0.2) is 0 Å². The van der Waals surface area contributed by atoms with E-state index in [1.165, 1.54) is 0 Å². The molecular formula is C16H25N3O3. The van der Waals surface area contributed by atoms with Gasteiger partial charge in [0.1, 0.15) is 5.75 Å². The molecule has 1 unspecified atom stereocenters. The topological polar surface area (TPSA) is 93.5 Å². The van der Waals surface area contributed by atoms with E-state index in [0.717, 1.165) is 11.3 Å². The van der Waals surface area contributed by atoms with Crippen LogP contribution in [0.1, 0.15) is 32.4 Å². The van der Waals surface area contributed by atoms with Gasteiger partial charge in [-0.3, -0.25) is 9.59 Å². The van der Waals surface area contributed by atoms with E-state index in [1.807, 2.05) is 31.2 Å². The van der Waals surface area contributed by atoms with E-state index < -0.39 is 0 Å². The monoisotopic (exact) mass is 307 g/mol. The number of hydrogen-bond acceptors (Lipinski definition) is 4. The van der Waals surface area contributed by atoms with Gasteiger partial charge in [0, 0.05) is 0 Å². The lowest BCUT2D eigenvalue weighted by Crippen LogP contribution is -2.40. The lowest BCUT2D eigenvalue weighted by atomic mass is 10.1. The molecule has 0 saturated carbocycles. The average molecular weight is 307 g/mol. The Kier molecular flexibility index (Phi) is 7.39. The fourth-order valence-electron chi connectivity index (χ4n) is 1.74. The Hall–Kier alpha value is -2.08. The zero-order chi connectivity index (χ0) is 16.5. The highest BCUT2D eigenvalue weighted by molar-refractivity contribution is 5.85. The molecule has 0 aliphatic rings. The van der Waals surface area contributed by atoms with E-state index in [4.69, 9.17) is 10.5 Å². The maximum atomic E-state index is 11.7. The molecule has 0 spiro atoms. The summed E-state index contributed by atoms with van der Waals surface area (Å²) in [5.41, 5.74) is 6.12. The molecule has 1 aromatic rings. The summed E-state index contributed by atoms with van der Waals surface area (Å²) < 4.78 is 5.61. The molecule has 6 nitrogen and oxygen atoms in total. The van der Waals surface area contributed by atoms with Crippen molar-refractivity contribution in [2.75, 3.05) is 19.7 Å². The molecule has 4 N–H and O–H groups in total. The molecule has 0 bridgehead atoms. The SMILES string of the molecule is CC(C)COc1ccc(C(C)NC(=O)CNC(=O)CN)cc1. The lowest BCUT2D eigenvalue weighted by Gasteiger charge is -2.15. The van der Waals surface area contributed by atoms with Gasteiger partial charge in [0.15, 0.2) is 0 Å². The van der Waals surface area contributed by atoms with Gasteiger partial charge in [0.2, 0.25) is 11.8 Å². The molecule has 0 radical (unpaired) electrons. The van der Waals surface area contributed by atoms with Crippen molar-refractivity contribution < 1.29 is 14.3 Å². The normalized spacial score (nSPS) is 11.9. The van der Waals surface area contributed by atoms with Crippen LogP contribution in [0.5, 0.6) is 5.75 Å². The molecule has 0 fully saturated rings. The van der Waals surface area contributed by atoms with E-state index in [2.05, 4.69) is 24.5 Å². The van der Waals surface area contributed by atoms with Crippen molar-refractivity contribution in [3.63, 3.8) is 0 Å². The van der Waals surface area contributed by atoms with Crippen LogP contribution < -0.4 is 21.1 Å². The summed E-state index contributed by atoms with van der Waals surface area (Å²) in [4.78, 5) is 22.7. The molecule has 6 heteroatoms. The minimum atomic E-state index is -0.352. The first-order valence-electron chi connectivity index (χ1n) is 7.41. The van der Waals surface area contributed by atoms with Gasteiger partial charge < -0.3 is 21.1 Å². The van der Waals surface area contributed by atoms with Crippen LogP contribution in [0.2, 0.25) is 0 Å². The smallest absolute Gasteiger partial charge is 0.239 e. The summed E-state index contributed by atoms with van der Waals surface area (Å²) in [5, 5.41) is 5.24. The van der Waals surface area contributed by atoms with Gasteiger partial charge in [-0.2, -0.15) is 0 Å². The van der Waals surface area contributed by atoms with E-state index in [0.29, 0.717) is 12.5 Å². The second kappa shape index (κ2) is 9.04. The minimum Gasteiger partial charge on any atom is -0.493 e. The predicted molar refractivity (Wildman–Crippen MR) is 85.4 cm³/mol. The number of carbonyl (C=O) groups is 2. The van der Waals surface area contributed by atoms with Gasteiger partial charge >= 0.3 is 0 Å². The first-order valence-corrected chi connectivity index (χ1v) is 7.41. The Labute approximate surface area is 131 Å². The Morgan fingerprint density at radius 1 is 1.14 bits per heavy atom. The molecule has 1 rings (SSSR count). The molecule has 1 atom stereocenters. The minimum absolute atomic E-state index is 0.0735. The molecule has 2 amide bonds. The quantitative estimate of drug-likeness (QED) is 0.667. The van der Waals surface area contributed by atoms with Gasteiger partial charge in [0.05, 0.1) is 25.7 Å². The van der Waals surface area contributed by atoms with Crippen LogP contribution in [-0.4, -0.2) is 31.5 Å². The van der Waals surface area contributed by atoms with Gasteiger partial charge in [-0.05, 0) is 30.5 Å². The van der Waals surface area contributed by atoms with Crippen LogP contribution >= 0.6 is 0 Å². The van der Waals surface area contributed by atoms with E-state index in [9.17, 15) is 9.59 Å². The predicted octanol–water partition coefficient (Wildman–Crippen LogP) is 0.974. The van der Waals surface area contributed by atoms with E-state index >= 15 is 0 Å². The van der Waals surface area contributed by atoms with Crippen molar-refractivity contribution >= 4 is 11.8 Å². The first-order chi connectivity index (χ1) is 10.4. The molecule has 0 aliphatic heterocycles. The molecule has 0 heterocycles. The Balaban J connectivity index is 2.46. The average Bonchev–Trinajstić information content (AvgIpc) is 2.50. The van der Waals surface area contributed by atoms with Gasteiger partial charge in [-0.1, -0.05) is 26.0 Å². The molecular weight excluding hydrogens is 282 g/mol. The number of carbonyl (C=O) groups excluding carboxylic acids is 2. The van der Waals surface area contributed by atoms with Gasteiger partial charge in [0.25, 0.3) is 0 Å². The van der Waals surface area contributed by atoms with Crippen LogP contribution in [-0.2, 0) is 9.59 Å². The first kappa shape index (κ1) is 18.0. The zero-order valence-electron chi connectivity index (χ0n) is 13.4. The van der Waals surface area contributed by atoms with Gasteiger partial charge in [-0.15, -0.1) is 0 Å². The van der Waals surface area contributed by atoms with Crippen LogP contribution in [0.15, 0.2) is 24.3 Å². The van der Waals surface area contributed by atoms with Crippen LogP contribution in [0.25, 0.3) is 0 Å². The van der Waals surface area contributed by atoms with Crippen molar-refractivity contribution in [1.29, 1.82) is 0 Å². The standard InChI is InChI=1S/C16H25N3O3/c1-11(2)10-22-14-6-4-13(5-7-14)12(3)19-16(21)9-18-15(20)8-17/h4-7,11-12H,8-10,17H2,1-3H3,(H,18,20)(H,19,21).